The fraction of sp³-hybridized carbons (Fsp3) is 0.0500. The van der Waals surface area contributed by atoms with E-state index in [1.807, 2.05) is 0 Å². The molecule has 0 fully saturated rings. The summed E-state index contributed by atoms with van der Waals surface area (Å²) >= 11 is 0. The van der Waals surface area contributed by atoms with Crippen molar-refractivity contribution in [3.05, 3.63) is 89.5 Å². The van der Waals surface area contributed by atoms with Crippen LogP contribution in [0.4, 0.5) is 0 Å². The summed E-state index contributed by atoms with van der Waals surface area (Å²) in [7, 11) is 0. The molecule has 0 bridgehead atoms. The summed E-state index contributed by atoms with van der Waals surface area (Å²) in [4.78, 5) is 10.3. The van der Waals surface area contributed by atoms with Crippen molar-refractivity contribution in [2.24, 2.45) is 0 Å². The summed E-state index contributed by atoms with van der Waals surface area (Å²) in [5.41, 5.74) is 5.69. The average Bonchev–Trinajstić information content (AvgIpc) is 2.94. The molecule has 3 nitrogen and oxygen atoms in total. The molecule has 0 saturated carbocycles. The van der Waals surface area contributed by atoms with Crippen molar-refractivity contribution in [2.45, 2.75) is 6.42 Å². The van der Waals surface area contributed by atoms with E-state index in [1.165, 1.54) is 34.4 Å². The average molecular weight is 304 g/mol. The van der Waals surface area contributed by atoms with Crippen LogP contribution in [0.25, 0.3) is 11.1 Å². The molecule has 3 aromatic carbocycles. The van der Waals surface area contributed by atoms with E-state index in [0.29, 0.717) is 0 Å². The molecule has 0 heterocycles. The summed E-state index contributed by atoms with van der Waals surface area (Å²) < 4.78 is 0. The Kier molecular flexibility index (Phi) is 4.11. The van der Waals surface area contributed by atoms with Gasteiger partial charge in [0, 0.05) is 0 Å². The van der Waals surface area contributed by atoms with Crippen molar-refractivity contribution in [2.75, 3.05) is 0 Å². The lowest BCUT2D eigenvalue weighted by Crippen LogP contribution is -1.95. The SMILES string of the molecule is O=C(O)c1ccccc1O.c1ccc2c(c1)Cc1ccccc1-2. The number of carbonyl (C=O) groups is 1. The van der Waals surface area contributed by atoms with Crippen LogP contribution in [0.3, 0.4) is 0 Å². The molecule has 0 unspecified atom stereocenters. The van der Waals surface area contributed by atoms with Crippen LogP contribution >= 0.6 is 0 Å². The van der Waals surface area contributed by atoms with Crippen molar-refractivity contribution >= 4 is 5.97 Å². The molecular formula is C20H16O3. The summed E-state index contributed by atoms with van der Waals surface area (Å²) in [6, 6.07) is 23.1. The Morgan fingerprint density at radius 1 is 0.739 bits per heavy atom. The standard InChI is InChI=1S/C13H10.C7H6O3/c1-3-7-12-10(5-1)9-11-6-2-4-8-13(11)12;8-6-4-2-1-3-5(6)7(9)10/h1-8H,9H2;1-4,8H,(H,9,10). The van der Waals surface area contributed by atoms with Crippen LogP contribution in [0.5, 0.6) is 5.75 Å². The molecule has 0 saturated heterocycles. The Morgan fingerprint density at radius 2 is 1.22 bits per heavy atom. The molecule has 3 aromatic rings. The van der Waals surface area contributed by atoms with Gasteiger partial charge in [0.1, 0.15) is 11.3 Å². The van der Waals surface area contributed by atoms with Crippen molar-refractivity contribution in [3.8, 4) is 16.9 Å². The topological polar surface area (TPSA) is 57.5 Å². The molecule has 0 aromatic heterocycles. The fourth-order valence-electron chi connectivity index (χ4n) is 2.73. The smallest absolute Gasteiger partial charge is 0.339 e. The second-order valence-electron chi connectivity index (χ2n) is 5.31. The number of hydrogen-bond donors (Lipinski definition) is 2. The lowest BCUT2D eigenvalue weighted by molar-refractivity contribution is 0.0693. The molecule has 0 radical (unpaired) electrons. The van der Waals surface area contributed by atoms with Gasteiger partial charge in [0.15, 0.2) is 0 Å². The highest BCUT2D eigenvalue weighted by Gasteiger charge is 2.15. The summed E-state index contributed by atoms with van der Waals surface area (Å²) in [6.07, 6.45) is 1.10. The number of benzene rings is 3. The van der Waals surface area contributed by atoms with Gasteiger partial charge in [0.2, 0.25) is 0 Å². The quantitative estimate of drug-likeness (QED) is 0.549. The third-order valence-corrected chi connectivity index (χ3v) is 3.84. The van der Waals surface area contributed by atoms with E-state index in [0.717, 1.165) is 6.42 Å². The van der Waals surface area contributed by atoms with Crippen LogP contribution in [0, 0.1) is 0 Å². The molecule has 0 amide bonds. The summed E-state index contributed by atoms with van der Waals surface area (Å²) in [5, 5.41) is 17.3. The monoisotopic (exact) mass is 304 g/mol. The van der Waals surface area contributed by atoms with Gasteiger partial charge in [-0.05, 0) is 40.8 Å². The number of carboxylic acids is 1. The fourth-order valence-corrected chi connectivity index (χ4v) is 2.73. The van der Waals surface area contributed by atoms with E-state index in [1.54, 1.807) is 12.1 Å². The summed E-state index contributed by atoms with van der Waals surface area (Å²) in [6.45, 7) is 0. The van der Waals surface area contributed by atoms with Gasteiger partial charge in [-0.3, -0.25) is 0 Å². The number of carboxylic acid groups (broad SMARTS) is 1. The van der Waals surface area contributed by atoms with Crippen molar-refractivity contribution in [1.29, 1.82) is 0 Å². The molecule has 0 aliphatic heterocycles. The maximum absolute atomic E-state index is 10.3. The van der Waals surface area contributed by atoms with Gasteiger partial charge in [0.25, 0.3) is 0 Å². The third-order valence-electron chi connectivity index (χ3n) is 3.84. The maximum atomic E-state index is 10.3. The first kappa shape index (κ1) is 14.9. The van der Waals surface area contributed by atoms with Crippen molar-refractivity contribution in [1.82, 2.24) is 0 Å². The van der Waals surface area contributed by atoms with E-state index in [9.17, 15) is 4.79 Å². The Balaban J connectivity index is 0.000000142. The van der Waals surface area contributed by atoms with Crippen molar-refractivity contribution < 1.29 is 15.0 Å². The second-order valence-corrected chi connectivity index (χ2v) is 5.31. The minimum Gasteiger partial charge on any atom is -0.507 e. The van der Waals surface area contributed by atoms with Crippen molar-refractivity contribution in [3.63, 3.8) is 0 Å². The first-order valence-corrected chi connectivity index (χ1v) is 7.34. The highest BCUT2D eigenvalue weighted by molar-refractivity contribution is 5.90. The number of aromatic carboxylic acids is 1. The molecule has 23 heavy (non-hydrogen) atoms. The van der Waals surface area contributed by atoms with Gasteiger partial charge >= 0.3 is 5.97 Å². The molecule has 4 rings (SSSR count). The zero-order valence-corrected chi connectivity index (χ0v) is 12.4. The van der Waals surface area contributed by atoms with E-state index in [-0.39, 0.29) is 11.3 Å². The van der Waals surface area contributed by atoms with E-state index in [2.05, 4.69) is 48.5 Å². The zero-order valence-electron chi connectivity index (χ0n) is 12.4. The van der Waals surface area contributed by atoms with Gasteiger partial charge in [0.05, 0.1) is 0 Å². The molecule has 2 N–H and O–H groups in total. The Bertz CT molecular complexity index is 809. The van der Waals surface area contributed by atoms with E-state index >= 15 is 0 Å². The highest BCUT2D eigenvalue weighted by Crippen LogP contribution is 2.35. The number of phenols is 1. The number of aromatic hydroxyl groups is 1. The van der Waals surface area contributed by atoms with Crippen LogP contribution < -0.4 is 0 Å². The van der Waals surface area contributed by atoms with Gasteiger partial charge < -0.3 is 10.2 Å². The number of fused-ring (bicyclic) bond motifs is 3. The molecule has 3 heteroatoms. The van der Waals surface area contributed by atoms with Crippen LogP contribution in [-0.4, -0.2) is 16.2 Å². The largest absolute Gasteiger partial charge is 0.507 e. The summed E-state index contributed by atoms with van der Waals surface area (Å²) in [5.74, 6) is -1.31. The molecular weight excluding hydrogens is 288 g/mol. The number of hydrogen-bond acceptors (Lipinski definition) is 2. The molecule has 1 aliphatic rings. The Labute approximate surface area is 134 Å². The molecule has 114 valence electrons. The van der Waals surface area contributed by atoms with Gasteiger partial charge in [-0.1, -0.05) is 60.7 Å². The number of rotatable bonds is 1. The molecule has 0 spiro atoms. The first-order chi connectivity index (χ1) is 11.2. The lowest BCUT2D eigenvalue weighted by atomic mass is 10.1. The lowest BCUT2D eigenvalue weighted by Gasteiger charge is -1.98. The predicted octanol–water partition coefficient (Wildman–Crippen LogP) is 4.35. The Hall–Kier alpha value is -3.07. The van der Waals surface area contributed by atoms with Crippen LogP contribution in [-0.2, 0) is 6.42 Å². The van der Waals surface area contributed by atoms with Gasteiger partial charge in [-0.15, -0.1) is 0 Å². The maximum Gasteiger partial charge on any atom is 0.339 e. The van der Waals surface area contributed by atoms with Gasteiger partial charge in [-0.2, -0.15) is 0 Å². The first-order valence-electron chi connectivity index (χ1n) is 7.34. The van der Waals surface area contributed by atoms with Crippen LogP contribution in [0.2, 0.25) is 0 Å². The van der Waals surface area contributed by atoms with E-state index in [4.69, 9.17) is 10.2 Å². The minimum atomic E-state index is -1.11. The van der Waals surface area contributed by atoms with Gasteiger partial charge in [-0.25, -0.2) is 4.79 Å². The third kappa shape index (κ3) is 3.09. The second kappa shape index (κ2) is 6.36. The highest BCUT2D eigenvalue weighted by atomic mass is 16.4. The molecule has 0 atom stereocenters. The number of para-hydroxylation sites is 1. The zero-order chi connectivity index (χ0) is 16.2. The predicted molar refractivity (Wildman–Crippen MR) is 89.8 cm³/mol. The molecule has 1 aliphatic carbocycles. The Morgan fingerprint density at radius 3 is 1.70 bits per heavy atom. The van der Waals surface area contributed by atoms with Crippen LogP contribution in [0.15, 0.2) is 72.8 Å². The normalized spacial score (nSPS) is 11.0. The van der Waals surface area contributed by atoms with E-state index < -0.39 is 5.97 Å². The minimum absolute atomic E-state index is 0.0671. The van der Waals surface area contributed by atoms with Crippen LogP contribution in [0.1, 0.15) is 21.5 Å².